The van der Waals surface area contributed by atoms with Crippen LogP contribution < -0.4 is 0 Å². The monoisotopic (exact) mass is 225 g/mol. The molecule has 1 aliphatic heterocycles. The van der Waals surface area contributed by atoms with Crippen molar-refractivity contribution in [2.75, 3.05) is 13.1 Å². The number of nitrogens with zero attached hydrogens (tertiary/aromatic N) is 1. The lowest BCUT2D eigenvalue weighted by atomic mass is 9.81. The average Bonchev–Trinajstić information content (AvgIpc) is 2.18. The maximum Gasteiger partial charge on any atom is 0.306 e. The smallest absolute Gasteiger partial charge is 0.306 e. The Morgan fingerprint density at radius 1 is 1.25 bits per heavy atom. The molecule has 1 unspecified atom stereocenters. The Morgan fingerprint density at radius 2 is 1.81 bits per heavy atom. The van der Waals surface area contributed by atoms with Crippen molar-refractivity contribution in [3.8, 4) is 0 Å². The number of carboxylic acids is 1. The largest absolute Gasteiger partial charge is 0.481 e. The highest BCUT2D eigenvalue weighted by atomic mass is 16.4. The topological polar surface area (TPSA) is 40.5 Å². The molecule has 2 rings (SSSR count). The Morgan fingerprint density at radius 3 is 2.31 bits per heavy atom. The molecule has 2 aliphatic rings. The van der Waals surface area contributed by atoms with Crippen molar-refractivity contribution >= 4 is 5.97 Å². The zero-order valence-electron chi connectivity index (χ0n) is 10.4. The Balaban J connectivity index is 1.74. The quantitative estimate of drug-likeness (QED) is 0.800. The Labute approximate surface area is 97.8 Å². The third-order valence-electron chi connectivity index (χ3n) is 4.54. The van der Waals surface area contributed by atoms with Crippen LogP contribution in [0.15, 0.2) is 0 Å². The van der Waals surface area contributed by atoms with E-state index in [1.807, 2.05) is 6.92 Å². The van der Waals surface area contributed by atoms with E-state index in [1.54, 1.807) is 0 Å². The predicted octanol–water partition coefficient (Wildman–Crippen LogP) is 2.22. The minimum absolute atomic E-state index is 0.168. The average molecular weight is 225 g/mol. The summed E-state index contributed by atoms with van der Waals surface area (Å²) in [7, 11) is 0. The third kappa shape index (κ3) is 2.40. The van der Waals surface area contributed by atoms with E-state index in [4.69, 9.17) is 5.11 Å². The standard InChI is InChI=1S/C13H23NO2/c1-9-3-5-12(6-4-9)14-7-11(8-14)10(2)13(15)16/h9-12H,3-8H2,1-2H3,(H,15,16). The van der Waals surface area contributed by atoms with Gasteiger partial charge in [0.1, 0.15) is 0 Å². The van der Waals surface area contributed by atoms with Crippen molar-refractivity contribution in [2.45, 2.75) is 45.6 Å². The maximum atomic E-state index is 10.8. The van der Waals surface area contributed by atoms with Gasteiger partial charge in [0.15, 0.2) is 0 Å². The summed E-state index contributed by atoms with van der Waals surface area (Å²) in [5.41, 5.74) is 0. The van der Waals surface area contributed by atoms with Gasteiger partial charge in [0.2, 0.25) is 0 Å². The van der Waals surface area contributed by atoms with Gasteiger partial charge in [0.05, 0.1) is 5.92 Å². The molecule has 2 fully saturated rings. The molecule has 1 saturated carbocycles. The van der Waals surface area contributed by atoms with Crippen LogP contribution in [-0.2, 0) is 4.79 Å². The molecule has 3 nitrogen and oxygen atoms in total. The molecule has 0 radical (unpaired) electrons. The van der Waals surface area contributed by atoms with Crippen molar-refractivity contribution in [1.29, 1.82) is 0 Å². The first-order valence-electron chi connectivity index (χ1n) is 6.54. The highest BCUT2D eigenvalue weighted by Gasteiger charge is 2.38. The van der Waals surface area contributed by atoms with Gasteiger partial charge in [-0.25, -0.2) is 0 Å². The van der Waals surface area contributed by atoms with E-state index in [1.165, 1.54) is 25.7 Å². The lowest BCUT2D eigenvalue weighted by molar-refractivity contribution is -0.146. The fourth-order valence-electron chi connectivity index (χ4n) is 2.97. The van der Waals surface area contributed by atoms with E-state index in [9.17, 15) is 4.79 Å². The summed E-state index contributed by atoms with van der Waals surface area (Å²) in [5, 5.41) is 8.93. The molecular formula is C13H23NO2. The van der Waals surface area contributed by atoms with Gasteiger partial charge in [-0.3, -0.25) is 9.69 Å². The highest BCUT2D eigenvalue weighted by molar-refractivity contribution is 5.70. The minimum atomic E-state index is -0.637. The summed E-state index contributed by atoms with van der Waals surface area (Å²) in [6.07, 6.45) is 5.32. The molecular weight excluding hydrogens is 202 g/mol. The Kier molecular flexibility index (Phi) is 3.53. The first-order valence-corrected chi connectivity index (χ1v) is 6.54. The van der Waals surface area contributed by atoms with Crippen LogP contribution in [-0.4, -0.2) is 35.1 Å². The van der Waals surface area contributed by atoms with Gasteiger partial charge >= 0.3 is 5.97 Å². The molecule has 1 aliphatic carbocycles. The van der Waals surface area contributed by atoms with Crippen molar-refractivity contribution < 1.29 is 9.90 Å². The van der Waals surface area contributed by atoms with Gasteiger partial charge in [-0.2, -0.15) is 0 Å². The minimum Gasteiger partial charge on any atom is -0.481 e. The molecule has 3 heteroatoms. The molecule has 0 spiro atoms. The van der Waals surface area contributed by atoms with E-state index in [2.05, 4.69) is 11.8 Å². The maximum absolute atomic E-state index is 10.8. The summed E-state index contributed by atoms with van der Waals surface area (Å²) in [4.78, 5) is 13.3. The molecule has 0 amide bonds. The van der Waals surface area contributed by atoms with Crippen LogP contribution in [0.3, 0.4) is 0 Å². The zero-order valence-corrected chi connectivity index (χ0v) is 10.4. The lowest BCUT2D eigenvalue weighted by Gasteiger charge is -2.47. The summed E-state index contributed by atoms with van der Waals surface area (Å²) in [5.74, 6) is 0.476. The summed E-state index contributed by atoms with van der Waals surface area (Å²) < 4.78 is 0. The highest BCUT2D eigenvalue weighted by Crippen LogP contribution is 2.33. The van der Waals surface area contributed by atoms with Gasteiger partial charge < -0.3 is 5.11 Å². The second kappa shape index (κ2) is 4.74. The van der Waals surface area contributed by atoms with Crippen molar-refractivity contribution in [2.24, 2.45) is 17.8 Å². The molecule has 0 bridgehead atoms. The number of aliphatic carboxylic acids is 1. The fraction of sp³-hybridized carbons (Fsp3) is 0.923. The number of carbonyl (C=O) groups is 1. The molecule has 1 atom stereocenters. The van der Waals surface area contributed by atoms with Gasteiger partial charge in [0.25, 0.3) is 0 Å². The zero-order chi connectivity index (χ0) is 11.7. The van der Waals surface area contributed by atoms with E-state index in [0.29, 0.717) is 5.92 Å². The van der Waals surface area contributed by atoms with Crippen LogP contribution in [0.5, 0.6) is 0 Å². The molecule has 0 aromatic carbocycles. The Bertz CT molecular complexity index is 253. The number of hydrogen-bond acceptors (Lipinski definition) is 2. The van der Waals surface area contributed by atoms with Gasteiger partial charge in [-0.05, 0) is 37.5 Å². The first kappa shape index (κ1) is 11.9. The van der Waals surface area contributed by atoms with Crippen molar-refractivity contribution in [1.82, 2.24) is 4.90 Å². The second-order valence-corrected chi connectivity index (χ2v) is 5.75. The van der Waals surface area contributed by atoms with Gasteiger partial charge in [0, 0.05) is 19.1 Å². The summed E-state index contributed by atoms with van der Waals surface area (Å²) in [6.45, 7) is 6.19. The molecule has 1 saturated heterocycles. The van der Waals surface area contributed by atoms with E-state index < -0.39 is 5.97 Å². The number of likely N-dealkylation sites (tertiary alicyclic amines) is 1. The van der Waals surface area contributed by atoms with Gasteiger partial charge in [-0.1, -0.05) is 13.8 Å². The first-order chi connectivity index (χ1) is 7.58. The number of hydrogen-bond donors (Lipinski definition) is 1. The van der Waals surface area contributed by atoms with Gasteiger partial charge in [-0.15, -0.1) is 0 Å². The third-order valence-corrected chi connectivity index (χ3v) is 4.54. The molecule has 0 aromatic heterocycles. The normalized spacial score (nSPS) is 34.4. The van der Waals surface area contributed by atoms with E-state index in [-0.39, 0.29) is 5.92 Å². The fourth-order valence-corrected chi connectivity index (χ4v) is 2.97. The lowest BCUT2D eigenvalue weighted by Crippen LogP contribution is -2.55. The Hall–Kier alpha value is -0.570. The number of carboxylic acid groups (broad SMARTS) is 1. The molecule has 16 heavy (non-hydrogen) atoms. The molecule has 92 valence electrons. The van der Waals surface area contributed by atoms with E-state index in [0.717, 1.165) is 25.0 Å². The summed E-state index contributed by atoms with van der Waals surface area (Å²) >= 11 is 0. The molecule has 1 heterocycles. The van der Waals surface area contributed by atoms with E-state index >= 15 is 0 Å². The summed E-state index contributed by atoms with van der Waals surface area (Å²) in [6, 6.07) is 0.744. The van der Waals surface area contributed by atoms with Crippen LogP contribution in [0.4, 0.5) is 0 Å². The second-order valence-electron chi connectivity index (χ2n) is 5.75. The van der Waals surface area contributed by atoms with Crippen molar-refractivity contribution in [3.63, 3.8) is 0 Å². The van der Waals surface area contributed by atoms with Crippen LogP contribution in [0.25, 0.3) is 0 Å². The predicted molar refractivity (Wildman–Crippen MR) is 63.3 cm³/mol. The number of rotatable bonds is 3. The molecule has 1 N–H and O–H groups in total. The van der Waals surface area contributed by atoms with Crippen LogP contribution in [0.2, 0.25) is 0 Å². The van der Waals surface area contributed by atoms with Crippen LogP contribution >= 0.6 is 0 Å². The molecule has 0 aromatic rings. The van der Waals surface area contributed by atoms with Crippen molar-refractivity contribution in [3.05, 3.63) is 0 Å². The SMILES string of the molecule is CC1CCC(N2CC(C(C)C(=O)O)C2)CC1. The van der Waals surface area contributed by atoms with Crippen LogP contribution in [0, 0.1) is 17.8 Å². The van der Waals surface area contributed by atoms with Crippen LogP contribution in [0.1, 0.15) is 39.5 Å².